The lowest BCUT2D eigenvalue weighted by atomic mass is 10.00. The number of carboxylic acids is 2. The van der Waals surface area contributed by atoms with Crippen LogP contribution in [0.25, 0.3) is 0 Å². The third-order valence-electron chi connectivity index (χ3n) is 6.92. The number of carboxylic acid groups (broad SMARTS) is 2. The van der Waals surface area contributed by atoms with Gasteiger partial charge in [-0.15, -0.1) is 5.10 Å². The molecule has 0 radical (unpaired) electrons. The van der Waals surface area contributed by atoms with Crippen LogP contribution in [0.1, 0.15) is 25.0 Å². The Hall–Kier alpha value is -4.20. The van der Waals surface area contributed by atoms with Crippen LogP contribution >= 0.6 is 11.8 Å². The topological polar surface area (TPSA) is 362 Å². The Morgan fingerprint density at radius 2 is 1.80 bits per heavy atom. The molecule has 0 saturated carbocycles. The van der Waals surface area contributed by atoms with Crippen molar-refractivity contribution in [1.82, 2.24) is 30.9 Å². The van der Waals surface area contributed by atoms with Gasteiger partial charge in [0.1, 0.15) is 43.2 Å². The number of guanidine groups is 1. The summed E-state index contributed by atoms with van der Waals surface area (Å²) in [7, 11) is 0. The molecule has 0 unspecified atom stereocenters. The number of amides is 3. The van der Waals surface area contributed by atoms with Crippen LogP contribution in [-0.2, 0) is 45.7 Å². The van der Waals surface area contributed by atoms with Crippen LogP contribution in [0.2, 0.25) is 0 Å². The smallest absolute Gasteiger partial charge is 0.327 e. The van der Waals surface area contributed by atoms with E-state index in [9.17, 15) is 53.9 Å². The monoisotopic (exact) mass is 738 g/mol. The quantitative estimate of drug-likeness (QED) is 0.0300. The summed E-state index contributed by atoms with van der Waals surface area (Å²) in [6.45, 7) is -1.53. The first-order valence-electron chi connectivity index (χ1n) is 15.1. The van der Waals surface area contributed by atoms with Crippen LogP contribution in [0.5, 0.6) is 0 Å². The standard InChI is InChI=1S/C26H43FN10O12S/c27-7-16-19(41)20(42)21(43)25(49-16)48-5-4-37-9-12(35-36-37)10-50-11-15(24(46)47)34-23(45)14(6-18(39)40)33-17(38)8-32-22(44)13(28)2-1-3-31-26(29)30/h9,13-16,19-21,25,41-43H,1-8,10-11,28H2,(H,32,44)(H,33,38)(H,34,45)(H,39,40)(H,46,47)(H4,29,30,31)/t13-,14-,15-,16+,19+,20-,21-,25-/m0/s1. The number of aromatic nitrogens is 3. The lowest BCUT2D eigenvalue weighted by molar-refractivity contribution is -0.298. The molecule has 0 bridgehead atoms. The lowest BCUT2D eigenvalue weighted by Gasteiger charge is -2.39. The molecule has 50 heavy (non-hydrogen) atoms. The van der Waals surface area contributed by atoms with Gasteiger partial charge in [-0.3, -0.25) is 24.2 Å². The normalized spacial score (nSPS) is 22.1. The van der Waals surface area contributed by atoms with Gasteiger partial charge >= 0.3 is 11.9 Å². The van der Waals surface area contributed by atoms with Crippen molar-refractivity contribution in [3.63, 3.8) is 0 Å². The fourth-order valence-electron chi connectivity index (χ4n) is 4.26. The number of carbonyl (C=O) groups is 5. The molecule has 1 aromatic rings. The van der Waals surface area contributed by atoms with Crippen molar-refractivity contribution in [2.75, 3.05) is 32.1 Å². The number of aliphatic imine (C=N–C) groups is 1. The van der Waals surface area contributed by atoms with E-state index < -0.39 is 98.1 Å². The largest absolute Gasteiger partial charge is 0.481 e. The summed E-state index contributed by atoms with van der Waals surface area (Å²) in [5, 5.41) is 62.9. The lowest BCUT2D eigenvalue weighted by Crippen LogP contribution is -2.58. The van der Waals surface area contributed by atoms with Crippen LogP contribution in [0.4, 0.5) is 4.39 Å². The summed E-state index contributed by atoms with van der Waals surface area (Å²) in [6, 6.07) is -4.16. The van der Waals surface area contributed by atoms with Crippen molar-refractivity contribution >= 4 is 47.4 Å². The molecule has 1 aliphatic heterocycles. The number of alkyl halides is 1. The van der Waals surface area contributed by atoms with Gasteiger partial charge in [0.15, 0.2) is 12.2 Å². The molecule has 2 heterocycles. The van der Waals surface area contributed by atoms with Gasteiger partial charge in [-0.25, -0.2) is 13.9 Å². The number of nitrogens with zero attached hydrogens (tertiary/aromatic N) is 4. The second kappa shape index (κ2) is 21.1. The molecule has 1 aromatic heterocycles. The SMILES string of the molecule is NC(N)=NCCC[C@H](N)C(=O)NCC(=O)N[C@@H](CC(=O)O)C(=O)N[C@@H](CSCc1cn(CCO[C@H]2O[C@H](CF)[C@@H](O)[C@H](O)[C@@H]2O)nn1)C(=O)O. The van der Waals surface area contributed by atoms with Crippen molar-refractivity contribution in [2.45, 2.75) is 80.4 Å². The number of hydrogen-bond donors (Lipinski definition) is 11. The fraction of sp³-hybridized carbons (Fsp3) is 0.692. The molecule has 1 saturated heterocycles. The molecule has 2 rings (SSSR count). The predicted octanol–water partition coefficient (Wildman–Crippen LogP) is -5.67. The molecule has 1 fully saturated rings. The highest BCUT2D eigenvalue weighted by Gasteiger charge is 2.44. The van der Waals surface area contributed by atoms with Gasteiger partial charge in [-0.2, -0.15) is 11.8 Å². The zero-order chi connectivity index (χ0) is 37.4. The Kier molecular flexibility index (Phi) is 17.7. The number of hydrogen-bond acceptors (Lipinski definition) is 15. The molecule has 14 N–H and O–H groups in total. The maximum absolute atomic E-state index is 13.0. The third kappa shape index (κ3) is 14.3. The average Bonchev–Trinajstić information content (AvgIpc) is 3.51. The Balaban J connectivity index is 1.82. The van der Waals surface area contributed by atoms with Crippen molar-refractivity contribution in [2.24, 2.45) is 22.2 Å². The Labute approximate surface area is 288 Å². The highest BCUT2D eigenvalue weighted by Crippen LogP contribution is 2.22. The summed E-state index contributed by atoms with van der Waals surface area (Å²) in [5.41, 5.74) is 16.6. The van der Waals surface area contributed by atoms with Crippen LogP contribution < -0.4 is 33.2 Å². The molecule has 3 amide bonds. The first kappa shape index (κ1) is 42.0. The number of aliphatic carboxylic acids is 2. The Morgan fingerprint density at radius 1 is 1.08 bits per heavy atom. The molecule has 8 atom stereocenters. The maximum Gasteiger partial charge on any atom is 0.327 e. The number of thioether (sulfide) groups is 1. The van der Waals surface area contributed by atoms with Crippen LogP contribution in [0, 0.1) is 0 Å². The molecule has 1 aliphatic rings. The van der Waals surface area contributed by atoms with Crippen molar-refractivity contribution in [1.29, 1.82) is 0 Å². The van der Waals surface area contributed by atoms with Gasteiger partial charge in [-0.1, -0.05) is 5.21 Å². The van der Waals surface area contributed by atoms with E-state index in [4.69, 9.17) is 26.7 Å². The van der Waals surface area contributed by atoms with E-state index in [1.165, 1.54) is 10.9 Å². The zero-order valence-electron chi connectivity index (χ0n) is 26.7. The van der Waals surface area contributed by atoms with E-state index in [0.29, 0.717) is 12.1 Å². The average molecular weight is 739 g/mol. The number of nitrogens with one attached hydrogen (secondary N) is 3. The van der Waals surface area contributed by atoms with Crippen molar-refractivity contribution < 1.29 is 63.4 Å². The van der Waals surface area contributed by atoms with Crippen molar-refractivity contribution in [3.8, 4) is 0 Å². The van der Waals surface area contributed by atoms with Crippen molar-refractivity contribution in [3.05, 3.63) is 11.9 Å². The van der Waals surface area contributed by atoms with Gasteiger partial charge in [-0.05, 0) is 12.8 Å². The van der Waals surface area contributed by atoms with E-state index >= 15 is 0 Å². The van der Waals surface area contributed by atoms with Crippen LogP contribution in [-0.4, -0.2) is 157 Å². The maximum atomic E-state index is 13.0. The number of nitrogens with two attached hydrogens (primary N) is 3. The number of aliphatic hydroxyl groups is 3. The summed E-state index contributed by atoms with van der Waals surface area (Å²) in [5.74, 6) is -5.78. The third-order valence-corrected chi connectivity index (χ3v) is 7.99. The molecule has 0 aromatic carbocycles. The number of ether oxygens (including phenoxy) is 2. The van der Waals surface area contributed by atoms with E-state index in [1.807, 2.05) is 0 Å². The summed E-state index contributed by atoms with van der Waals surface area (Å²) < 4.78 is 24.9. The molecular formula is C26H43FN10O12S. The van der Waals surface area contributed by atoms with Gasteiger partial charge in [0.2, 0.25) is 17.7 Å². The second-order valence-corrected chi connectivity index (χ2v) is 11.9. The van der Waals surface area contributed by atoms with Gasteiger partial charge in [0, 0.05) is 24.2 Å². The molecule has 0 aliphatic carbocycles. The first-order valence-corrected chi connectivity index (χ1v) is 16.2. The molecule has 282 valence electrons. The van der Waals surface area contributed by atoms with Crippen LogP contribution in [0.3, 0.4) is 0 Å². The number of halogens is 1. The summed E-state index contributed by atoms with van der Waals surface area (Å²) >= 11 is 1.04. The van der Waals surface area contributed by atoms with Gasteiger partial charge in [0.05, 0.1) is 37.9 Å². The Bertz CT molecular complexity index is 1320. The molecule has 24 heteroatoms. The number of aliphatic hydroxyl groups excluding tert-OH is 3. The van der Waals surface area contributed by atoms with Gasteiger partial charge < -0.3 is 68.2 Å². The zero-order valence-corrected chi connectivity index (χ0v) is 27.5. The molecule has 0 spiro atoms. The Morgan fingerprint density at radius 3 is 2.44 bits per heavy atom. The van der Waals surface area contributed by atoms with E-state index in [1.54, 1.807) is 0 Å². The van der Waals surface area contributed by atoms with E-state index in [0.717, 1.165) is 11.8 Å². The number of rotatable bonds is 22. The van der Waals surface area contributed by atoms with E-state index in [-0.39, 0.29) is 43.6 Å². The van der Waals surface area contributed by atoms with Crippen LogP contribution in [0.15, 0.2) is 11.2 Å². The van der Waals surface area contributed by atoms with Gasteiger partial charge in [0.25, 0.3) is 0 Å². The molecular weight excluding hydrogens is 695 g/mol. The highest BCUT2D eigenvalue weighted by atomic mass is 32.2. The summed E-state index contributed by atoms with van der Waals surface area (Å²) in [4.78, 5) is 64.3. The molecule has 22 nitrogen and oxygen atoms in total. The minimum Gasteiger partial charge on any atom is -0.481 e. The summed E-state index contributed by atoms with van der Waals surface area (Å²) in [6.07, 6.45) is -6.49. The minimum atomic E-state index is -1.67. The minimum absolute atomic E-state index is 0.0882. The second-order valence-electron chi connectivity index (χ2n) is 10.9. The fourth-order valence-corrected chi connectivity index (χ4v) is 5.19. The highest BCUT2D eigenvalue weighted by molar-refractivity contribution is 7.98. The first-order chi connectivity index (χ1) is 23.6. The predicted molar refractivity (Wildman–Crippen MR) is 169 cm³/mol. The van der Waals surface area contributed by atoms with E-state index in [2.05, 4.69) is 31.3 Å². The number of carbonyl (C=O) groups excluding carboxylic acids is 3.